The predicted molar refractivity (Wildman–Crippen MR) is 147 cm³/mol. The fourth-order valence-corrected chi connectivity index (χ4v) is 4.54. The maximum absolute atomic E-state index is 5.81. The van der Waals surface area contributed by atoms with E-state index in [1.54, 1.807) is 20.4 Å². The lowest BCUT2D eigenvalue weighted by Crippen LogP contribution is -2.22. The monoisotopic (exact) mass is 515 g/mol. The van der Waals surface area contributed by atoms with Crippen molar-refractivity contribution < 1.29 is 18.9 Å². The number of hydrogen-bond acceptors (Lipinski definition) is 9. The number of aromatic nitrogens is 3. The molecule has 38 heavy (non-hydrogen) atoms. The summed E-state index contributed by atoms with van der Waals surface area (Å²) < 4.78 is 22.4. The van der Waals surface area contributed by atoms with Gasteiger partial charge in [0.15, 0.2) is 22.9 Å². The fourth-order valence-electron chi connectivity index (χ4n) is 4.54. The number of fused-ring (bicyclic) bond motifs is 1. The minimum atomic E-state index is -0.652. The van der Waals surface area contributed by atoms with E-state index < -0.39 is 5.79 Å². The van der Waals surface area contributed by atoms with Crippen molar-refractivity contribution in [3.63, 3.8) is 0 Å². The van der Waals surface area contributed by atoms with Crippen LogP contribution in [-0.4, -0.2) is 48.9 Å². The van der Waals surface area contributed by atoms with Crippen LogP contribution in [0.4, 0.5) is 11.8 Å². The maximum atomic E-state index is 5.81. The van der Waals surface area contributed by atoms with Crippen LogP contribution in [0, 0.1) is 0 Å². The van der Waals surface area contributed by atoms with Crippen molar-refractivity contribution in [1.82, 2.24) is 15.0 Å². The molecule has 1 aliphatic heterocycles. The molecule has 0 radical (unpaired) electrons. The molecule has 1 saturated heterocycles. The van der Waals surface area contributed by atoms with Crippen molar-refractivity contribution in [3.8, 4) is 11.5 Å². The molecule has 0 unspecified atom stereocenters. The molecule has 2 N–H and O–H groups in total. The molecule has 1 fully saturated rings. The second kappa shape index (κ2) is 11.6. The van der Waals surface area contributed by atoms with Crippen molar-refractivity contribution in [2.75, 3.05) is 44.6 Å². The molecule has 1 aliphatic rings. The molecule has 9 heteroatoms. The minimum Gasteiger partial charge on any atom is -0.493 e. The molecule has 2 aromatic carbocycles. The highest BCUT2D eigenvalue weighted by Crippen LogP contribution is 2.31. The number of methoxy groups -OCH3 is 2. The van der Waals surface area contributed by atoms with Gasteiger partial charge >= 0.3 is 0 Å². The third kappa shape index (κ3) is 5.79. The number of rotatable bonds is 11. The van der Waals surface area contributed by atoms with Gasteiger partial charge in [-0.05, 0) is 55.2 Å². The highest BCUT2D eigenvalue weighted by molar-refractivity contribution is 5.87. The highest BCUT2D eigenvalue weighted by atomic mass is 16.7. The van der Waals surface area contributed by atoms with Crippen LogP contribution in [0.15, 0.2) is 60.8 Å². The standard InChI is InChI=1S/C29H33N5O4/c1-29(37-15-16-38-29)22-9-4-7-20(17-22)8-5-14-31-28-33-26-23(10-6-13-30-26)27(34-28)32-19-21-11-12-24(35-2)25(18-21)36-3/h4,6-7,9-13,17-18H,5,8,14-16,19H2,1-3H3,(H2,30,31,32,33,34). The number of benzene rings is 2. The average molecular weight is 516 g/mol. The summed E-state index contributed by atoms with van der Waals surface area (Å²) in [5.74, 6) is 1.99. The van der Waals surface area contributed by atoms with E-state index in [1.807, 2.05) is 37.3 Å². The summed E-state index contributed by atoms with van der Waals surface area (Å²) in [6.45, 7) is 4.50. The van der Waals surface area contributed by atoms with Crippen LogP contribution in [0.25, 0.3) is 11.0 Å². The number of nitrogens with one attached hydrogen (secondary N) is 2. The normalized spacial score (nSPS) is 14.4. The fraction of sp³-hybridized carbons (Fsp3) is 0.345. The first-order valence-corrected chi connectivity index (χ1v) is 12.8. The average Bonchev–Trinajstić information content (AvgIpc) is 3.41. The third-order valence-corrected chi connectivity index (χ3v) is 6.59. The van der Waals surface area contributed by atoms with Crippen LogP contribution in [0.5, 0.6) is 11.5 Å². The number of pyridine rings is 1. The molecule has 0 amide bonds. The first-order valence-electron chi connectivity index (χ1n) is 12.8. The van der Waals surface area contributed by atoms with Crippen LogP contribution < -0.4 is 20.1 Å². The molecule has 4 aromatic rings. The summed E-state index contributed by atoms with van der Waals surface area (Å²) in [6, 6.07) is 18.1. The zero-order chi connectivity index (χ0) is 26.4. The Morgan fingerprint density at radius 2 is 1.74 bits per heavy atom. The van der Waals surface area contributed by atoms with E-state index in [0.29, 0.717) is 42.9 Å². The van der Waals surface area contributed by atoms with E-state index in [2.05, 4.69) is 44.9 Å². The van der Waals surface area contributed by atoms with E-state index in [9.17, 15) is 0 Å². The van der Waals surface area contributed by atoms with Crippen molar-refractivity contribution >= 4 is 22.8 Å². The minimum absolute atomic E-state index is 0.542. The van der Waals surface area contributed by atoms with Gasteiger partial charge in [-0.3, -0.25) is 0 Å². The van der Waals surface area contributed by atoms with E-state index in [4.69, 9.17) is 23.9 Å². The molecule has 3 heterocycles. The summed E-state index contributed by atoms with van der Waals surface area (Å²) >= 11 is 0. The third-order valence-electron chi connectivity index (χ3n) is 6.59. The summed E-state index contributed by atoms with van der Waals surface area (Å²) in [5, 5.41) is 7.66. The van der Waals surface area contributed by atoms with Crippen LogP contribution in [0.2, 0.25) is 0 Å². The summed E-state index contributed by atoms with van der Waals surface area (Å²) in [5.41, 5.74) is 3.97. The van der Waals surface area contributed by atoms with Gasteiger partial charge in [0.25, 0.3) is 0 Å². The lowest BCUT2D eigenvalue weighted by atomic mass is 10.0. The summed E-state index contributed by atoms with van der Waals surface area (Å²) in [4.78, 5) is 13.8. The molecule has 0 saturated carbocycles. The van der Waals surface area contributed by atoms with E-state index >= 15 is 0 Å². The quantitative estimate of drug-likeness (QED) is 0.270. The Hall–Kier alpha value is -3.95. The zero-order valence-electron chi connectivity index (χ0n) is 22.0. The van der Waals surface area contributed by atoms with Gasteiger partial charge < -0.3 is 29.6 Å². The van der Waals surface area contributed by atoms with Crippen LogP contribution in [0.1, 0.15) is 30.0 Å². The Morgan fingerprint density at radius 3 is 2.55 bits per heavy atom. The van der Waals surface area contributed by atoms with Crippen molar-refractivity contribution in [2.24, 2.45) is 0 Å². The Bertz CT molecular complexity index is 1390. The van der Waals surface area contributed by atoms with E-state index in [1.165, 1.54) is 5.56 Å². The van der Waals surface area contributed by atoms with Crippen LogP contribution in [-0.2, 0) is 28.2 Å². The van der Waals surface area contributed by atoms with Crippen molar-refractivity contribution in [3.05, 3.63) is 77.5 Å². The molecule has 5 rings (SSSR count). The van der Waals surface area contributed by atoms with Crippen molar-refractivity contribution in [1.29, 1.82) is 0 Å². The molecule has 9 nitrogen and oxygen atoms in total. The molecule has 0 aliphatic carbocycles. The lowest BCUT2D eigenvalue weighted by Gasteiger charge is -2.23. The molecular weight excluding hydrogens is 482 g/mol. The SMILES string of the molecule is COc1ccc(CNc2nc(NCCCc3cccc(C4(C)OCCO4)c3)nc3ncccc23)cc1OC. The smallest absolute Gasteiger partial charge is 0.226 e. The van der Waals surface area contributed by atoms with Gasteiger partial charge in [0, 0.05) is 24.8 Å². The second-order valence-electron chi connectivity index (χ2n) is 9.19. The van der Waals surface area contributed by atoms with Gasteiger partial charge in [0.05, 0.1) is 32.8 Å². The molecule has 198 valence electrons. The number of hydrogen-bond donors (Lipinski definition) is 2. The first kappa shape index (κ1) is 25.7. The maximum Gasteiger partial charge on any atom is 0.226 e. The van der Waals surface area contributed by atoms with Gasteiger partial charge in [-0.1, -0.05) is 30.3 Å². The van der Waals surface area contributed by atoms with E-state index in [-0.39, 0.29) is 0 Å². The molecule has 0 bridgehead atoms. The second-order valence-corrected chi connectivity index (χ2v) is 9.19. The molecule has 0 atom stereocenters. The van der Waals surface area contributed by atoms with Gasteiger partial charge in [0.2, 0.25) is 5.95 Å². The number of aryl methyl sites for hydroxylation is 1. The largest absolute Gasteiger partial charge is 0.493 e. The van der Waals surface area contributed by atoms with E-state index in [0.717, 1.165) is 41.7 Å². The Balaban J connectivity index is 1.23. The Labute approximate surface area is 222 Å². The Kier molecular flexibility index (Phi) is 7.86. The number of ether oxygens (including phenoxy) is 4. The van der Waals surface area contributed by atoms with Gasteiger partial charge in [-0.25, -0.2) is 4.98 Å². The molecule has 2 aromatic heterocycles. The predicted octanol–water partition coefficient (Wildman–Crippen LogP) is 4.92. The van der Waals surface area contributed by atoms with Gasteiger partial charge in [-0.15, -0.1) is 0 Å². The number of nitrogens with zero attached hydrogens (tertiary/aromatic N) is 3. The van der Waals surface area contributed by atoms with Crippen molar-refractivity contribution in [2.45, 2.75) is 32.1 Å². The zero-order valence-corrected chi connectivity index (χ0v) is 22.0. The summed E-state index contributed by atoms with van der Waals surface area (Å²) in [6.07, 6.45) is 3.57. The van der Waals surface area contributed by atoms with Gasteiger partial charge in [0.1, 0.15) is 5.82 Å². The van der Waals surface area contributed by atoms with Crippen LogP contribution >= 0.6 is 0 Å². The van der Waals surface area contributed by atoms with Crippen LogP contribution in [0.3, 0.4) is 0 Å². The Morgan fingerprint density at radius 1 is 0.895 bits per heavy atom. The first-order chi connectivity index (χ1) is 18.6. The van der Waals surface area contributed by atoms with Gasteiger partial charge in [-0.2, -0.15) is 9.97 Å². The highest BCUT2D eigenvalue weighted by Gasteiger charge is 2.33. The molecular formula is C29H33N5O4. The summed E-state index contributed by atoms with van der Waals surface area (Å²) in [7, 11) is 3.26. The topological polar surface area (TPSA) is 99.7 Å². The molecule has 0 spiro atoms. The lowest BCUT2D eigenvalue weighted by molar-refractivity contribution is -0.149. The number of anilines is 2.